The summed E-state index contributed by atoms with van der Waals surface area (Å²) in [6, 6.07) is 0. The first-order valence-corrected chi connectivity index (χ1v) is 24.5. The van der Waals surface area contributed by atoms with Gasteiger partial charge in [-0.25, -0.2) is 0 Å². The minimum Gasteiger partial charge on any atom is -0.756 e. The van der Waals surface area contributed by atoms with E-state index in [9.17, 15) is 14.3 Å². The quantitative estimate of drug-likeness (QED) is 0.0199. The Kier molecular flexibility index (Phi) is 39.1. The molecule has 0 amide bonds. The first-order valence-electron chi connectivity index (χ1n) is 23.1. The fourth-order valence-corrected chi connectivity index (χ4v) is 7.09. The third-order valence-corrected chi connectivity index (χ3v) is 10.9. The van der Waals surface area contributed by atoms with Crippen LogP contribution < -0.4 is 4.89 Å². The smallest absolute Gasteiger partial charge is 0.306 e. The summed E-state index contributed by atoms with van der Waals surface area (Å²) in [5.41, 5.74) is 0. The highest BCUT2D eigenvalue weighted by Gasteiger charge is 2.20. The fourth-order valence-electron chi connectivity index (χ4n) is 6.36. The number of quaternary nitrogens is 1. The number of rotatable bonds is 43. The van der Waals surface area contributed by atoms with Gasteiger partial charge in [-0.05, 0) is 64.2 Å². The van der Waals surface area contributed by atoms with Crippen LogP contribution in [0, 0.1) is 0 Å². The maximum atomic E-state index is 12.7. The van der Waals surface area contributed by atoms with Gasteiger partial charge in [0.15, 0.2) is 0 Å². The summed E-state index contributed by atoms with van der Waals surface area (Å²) in [5.74, 6) is -0.342. The zero-order chi connectivity index (χ0) is 40.6. The molecule has 0 N–H and O–H groups in total. The lowest BCUT2D eigenvalue weighted by atomic mass is 10.1. The Labute approximate surface area is 341 Å². The van der Waals surface area contributed by atoms with Crippen molar-refractivity contribution in [2.45, 2.75) is 213 Å². The summed E-state index contributed by atoms with van der Waals surface area (Å²) >= 11 is 0. The van der Waals surface area contributed by atoms with Crippen molar-refractivity contribution in [1.29, 1.82) is 0 Å². The molecule has 0 aromatic carbocycles. The third-order valence-electron chi connectivity index (χ3n) is 9.98. The number of ether oxygens (including phenoxy) is 2. The average molecular weight is 800 g/mol. The molecule has 0 aromatic heterocycles. The summed E-state index contributed by atoms with van der Waals surface area (Å²) in [4.78, 5) is 25.0. The molecule has 0 rings (SSSR count). The second-order valence-electron chi connectivity index (χ2n) is 16.8. The van der Waals surface area contributed by atoms with E-state index in [0.29, 0.717) is 24.1 Å². The topological polar surface area (TPSA) is 94.1 Å². The minimum absolute atomic E-state index is 0.0252. The molecule has 8 nitrogen and oxygen atoms in total. The van der Waals surface area contributed by atoms with Crippen molar-refractivity contribution in [3.05, 3.63) is 24.3 Å². The second kappa shape index (κ2) is 39.8. The van der Waals surface area contributed by atoms with Crippen LogP contribution in [-0.4, -0.2) is 70.7 Å². The third kappa shape index (κ3) is 43.9. The number of nitrogens with zero attached hydrogens (tertiary/aromatic N) is 1. The van der Waals surface area contributed by atoms with Gasteiger partial charge < -0.3 is 27.9 Å². The van der Waals surface area contributed by atoms with E-state index in [-0.39, 0.29) is 25.8 Å². The highest BCUT2D eigenvalue weighted by Crippen LogP contribution is 2.38. The molecule has 326 valence electrons. The number of phosphoric acid groups is 1. The van der Waals surface area contributed by atoms with Gasteiger partial charge in [0.05, 0.1) is 34.4 Å². The van der Waals surface area contributed by atoms with Gasteiger partial charge in [0.1, 0.15) is 19.3 Å². The summed E-state index contributed by atoms with van der Waals surface area (Å²) in [7, 11) is 1.35. The molecule has 0 aliphatic rings. The van der Waals surface area contributed by atoms with Crippen molar-refractivity contribution in [3.63, 3.8) is 0 Å². The van der Waals surface area contributed by atoms with Gasteiger partial charge >= 0.3 is 5.97 Å². The maximum Gasteiger partial charge on any atom is 0.306 e. The molecule has 0 aliphatic carbocycles. The molecule has 0 radical (unpaired) electrons. The summed E-state index contributed by atoms with van der Waals surface area (Å²) in [5, 5.41) is 0. The van der Waals surface area contributed by atoms with Gasteiger partial charge in [0, 0.05) is 13.0 Å². The lowest BCUT2D eigenvalue weighted by Crippen LogP contribution is -2.37. The van der Waals surface area contributed by atoms with Crippen LogP contribution in [0.25, 0.3) is 0 Å². The van der Waals surface area contributed by atoms with E-state index in [1.165, 1.54) is 141 Å². The van der Waals surface area contributed by atoms with Crippen molar-refractivity contribution < 1.29 is 37.3 Å². The highest BCUT2D eigenvalue weighted by molar-refractivity contribution is 7.45. The minimum atomic E-state index is -4.52. The van der Waals surface area contributed by atoms with Gasteiger partial charge in [0.2, 0.25) is 0 Å². The van der Waals surface area contributed by atoms with Crippen molar-refractivity contribution in [2.75, 3.05) is 54.1 Å². The average Bonchev–Trinajstić information content (AvgIpc) is 3.13. The predicted molar refractivity (Wildman–Crippen MR) is 231 cm³/mol. The van der Waals surface area contributed by atoms with Crippen LogP contribution in [0.15, 0.2) is 24.3 Å². The summed E-state index contributed by atoms with van der Waals surface area (Å²) in [6.45, 7) is 5.41. The lowest BCUT2D eigenvalue weighted by Gasteiger charge is -2.28. The summed E-state index contributed by atoms with van der Waals surface area (Å²) in [6.07, 6.45) is 44.7. The molecule has 0 aliphatic heterocycles. The predicted octanol–water partition coefficient (Wildman–Crippen LogP) is 13.0. The van der Waals surface area contributed by atoms with Crippen LogP contribution in [0.1, 0.15) is 206 Å². The molecule has 0 spiro atoms. The maximum absolute atomic E-state index is 12.7. The number of hydrogen-bond donors (Lipinski definition) is 0. The highest BCUT2D eigenvalue weighted by atomic mass is 31.2. The number of carbonyl (C=O) groups is 1. The summed E-state index contributed by atoms with van der Waals surface area (Å²) < 4.78 is 34.6. The van der Waals surface area contributed by atoms with Gasteiger partial charge in [-0.1, -0.05) is 160 Å². The molecular weight excluding hydrogens is 709 g/mol. The zero-order valence-electron chi connectivity index (χ0n) is 36.9. The molecule has 0 saturated heterocycles. The normalized spacial score (nSPS) is 13.9. The molecule has 2 unspecified atom stereocenters. The monoisotopic (exact) mass is 800 g/mol. The SMILES string of the molecule is CCCCCCC/C=C\CCCCCCCC(=O)OC(COCCCCCCCCCC/C=C\CCCCCCCCC)COP(=O)([O-])OCC[N+](C)(C)C. The Balaban J connectivity index is 4.19. The molecule has 9 heteroatoms. The van der Waals surface area contributed by atoms with Crippen LogP contribution in [0.3, 0.4) is 0 Å². The number of esters is 1. The van der Waals surface area contributed by atoms with Crippen molar-refractivity contribution in [2.24, 2.45) is 0 Å². The molecule has 55 heavy (non-hydrogen) atoms. The number of allylic oxidation sites excluding steroid dienone is 4. The molecule has 0 saturated carbocycles. The Morgan fingerprint density at radius 2 is 0.945 bits per heavy atom. The van der Waals surface area contributed by atoms with Crippen molar-refractivity contribution in [3.8, 4) is 0 Å². The number of carbonyl (C=O) groups excluding carboxylic acids is 1. The van der Waals surface area contributed by atoms with Crippen molar-refractivity contribution >= 4 is 13.8 Å². The lowest BCUT2D eigenvalue weighted by molar-refractivity contribution is -0.870. The van der Waals surface area contributed by atoms with Gasteiger partial charge in [-0.15, -0.1) is 0 Å². The molecule has 2 atom stereocenters. The Bertz CT molecular complexity index is 936. The first-order chi connectivity index (χ1) is 26.6. The number of phosphoric ester groups is 1. The van der Waals surface area contributed by atoms with E-state index in [0.717, 1.165) is 44.9 Å². The van der Waals surface area contributed by atoms with E-state index in [4.69, 9.17) is 18.5 Å². The van der Waals surface area contributed by atoms with E-state index in [1.807, 2.05) is 21.1 Å². The van der Waals surface area contributed by atoms with E-state index >= 15 is 0 Å². The van der Waals surface area contributed by atoms with Crippen LogP contribution in [0.5, 0.6) is 0 Å². The van der Waals surface area contributed by atoms with Crippen molar-refractivity contribution in [1.82, 2.24) is 0 Å². The largest absolute Gasteiger partial charge is 0.756 e. The van der Waals surface area contributed by atoms with E-state index in [2.05, 4.69) is 38.2 Å². The van der Waals surface area contributed by atoms with Crippen LogP contribution >= 0.6 is 7.82 Å². The van der Waals surface area contributed by atoms with Crippen LogP contribution in [0.4, 0.5) is 0 Å². The first kappa shape index (κ1) is 54.0. The van der Waals surface area contributed by atoms with Crippen LogP contribution in [-0.2, 0) is 27.9 Å². The molecule has 0 heterocycles. The van der Waals surface area contributed by atoms with Gasteiger partial charge in [-0.3, -0.25) is 9.36 Å². The second-order valence-corrected chi connectivity index (χ2v) is 18.2. The Hall–Kier alpha value is -1.02. The Morgan fingerprint density at radius 3 is 1.38 bits per heavy atom. The Morgan fingerprint density at radius 1 is 0.545 bits per heavy atom. The molecule has 0 aromatic rings. The standard InChI is InChI=1S/C46H90NO7P/c1-6-8-10-12-14-16-18-20-22-23-24-25-26-28-30-32-34-36-38-41-51-43-45(44-53-55(49,50)52-42-40-47(3,4)5)54-46(48)39-37-35-33-31-29-27-21-19-17-15-13-11-9-7-2/h19,21-23,45H,6-18,20,24-44H2,1-5H3/b21-19-,23-22-. The number of unbranched alkanes of at least 4 members (excludes halogenated alkanes) is 25. The van der Waals surface area contributed by atoms with E-state index < -0.39 is 13.9 Å². The number of hydrogen-bond acceptors (Lipinski definition) is 7. The number of likely N-dealkylation sites (N-methyl/N-ethyl adjacent to an activating group) is 1. The van der Waals surface area contributed by atoms with E-state index in [1.54, 1.807) is 0 Å². The molecule has 0 bridgehead atoms. The fraction of sp³-hybridized carbons (Fsp3) is 0.891. The molecular formula is C46H90NO7P. The van der Waals surface area contributed by atoms with Gasteiger partial charge in [-0.2, -0.15) is 0 Å². The van der Waals surface area contributed by atoms with Gasteiger partial charge in [0.25, 0.3) is 7.82 Å². The molecule has 0 fully saturated rings. The van der Waals surface area contributed by atoms with Crippen LogP contribution in [0.2, 0.25) is 0 Å². The zero-order valence-corrected chi connectivity index (χ0v) is 37.8.